The van der Waals surface area contributed by atoms with E-state index in [4.69, 9.17) is 9.15 Å². The number of nitrogens with zero attached hydrogens (tertiary/aromatic N) is 1. The maximum atomic E-state index is 12.7. The molecule has 0 fully saturated rings. The Morgan fingerprint density at radius 2 is 1.75 bits per heavy atom. The number of benzene rings is 2. The van der Waals surface area contributed by atoms with Gasteiger partial charge in [-0.15, -0.1) is 0 Å². The van der Waals surface area contributed by atoms with Gasteiger partial charge < -0.3 is 9.15 Å². The summed E-state index contributed by atoms with van der Waals surface area (Å²) in [5, 5.41) is 0.687. The van der Waals surface area contributed by atoms with E-state index in [9.17, 15) is 18.0 Å². The van der Waals surface area contributed by atoms with E-state index in [1.165, 1.54) is 25.2 Å². The standard InChI is InChI=1S/C24H27NO6S/c1-15(2)20-12-21-18(11-23(26)31-22(21)10-17(20)4)14-30-24(27)13-25(5)32(28,29)19-8-6-16(3)7-9-19/h6-12,15H,13-14H2,1-5H3. The minimum atomic E-state index is -3.83. The molecule has 7 nitrogen and oxygen atoms in total. The van der Waals surface area contributed by atoms with E-state index in [1.807, 2.05) is 19.9 Å². The molecule has 3 aromatic rings. The van der Waals surface area contributed by atoms with E-state index >= 15 is 0 Å². The van der Waals surface area contributed by atoms with Crippen molar-refractivity contribution in [3.63, 3.8) is 0 Å². The number of carbonyl (C=O) groups excluding carboxylic acids is 1. The summed E-state index contributed by atoms with van der Waals surface area (Å²) in [6.07, 6.45) is 0. The van der Waals surface area contributed by atoms with Crippen molar-refractivity contribution in [2.45, 2.75) is 45.1 Å². The Balaban J connectivity index is 1.77. The van der Waals surface area contributed by atoms with Gasteiger partial charge in [-0.1, -0.05) is 31.5 Å². The largest absolute Gasteiger partial charge is 0.460 e. The summed E-state index contributed by atoms with van der Waals surface area (Å²) >= 11 is 0. The Labute approximate surface area is 187 Å². The summed E-state index contributed by atoms with van der Waals surface area (Å²) in [6, 6.07) is 11.4. The quantitative estimate of drug-likeness (QED) is 0.395. The topological polar surface area (TPSA) is 93.9 Å². The molecule has 1 aromatic heterocycles. The molecule has 0 saturated heterocycles. The van der Waals surface area contributed by atoms with Crippen LogP contribution >= 0.6 is 0 Å². The number of esters is 1. The van der Waals surface area contributed by atoms with E-state index in [1.54, 1.807) is 18.2 Å². The first-order valence-corrected chi connectivity index (χ1v) is 11.7. The smallest absolute Gasteiger partial charge is 0.336 e. The lowest BCUT2D eigenvalue weighted by molar-refractivity contribution is -0.144. The molecule has 0 spiro atoms. The van der Waals surface area contributed by atoms with Gasteiger partial charge in [0.1, 0.15) is 18.7 Å². The van der Waals surface area contributed by atoms with Crippen LogP contribution in [0.1, 0.15) is 42.0 Å². The molecule has 0 atom stereocenters. The summed E-state index contributed by atoms with van der Waals surface area (Å²) in [6.45, 7) is 7.32. The molecule has 0 aliphatic carbocycles. The average molecular weight is 458 g/mol. The second-order valence-electron chi connectivity index (χ2n) is 8.19. The third-order valence-electron chi connectivity index (χ3n) is 5.31. The molecule has 0 saturated carbocycles. The molecule has 0 N–H and O–H groups in total. The summed E-state index contributed by atoms with van der Waals surface area (Å²) in [4.78, 5) is 24.5. The van der Waals surface area contributed by atoms with Gasteiger partial charge >= 0.3 is 11.6 Å². The molecule has 0 bridgehead atoms. The second-order valence-corrected chi connectivity index (χ2v) is 10.2. The van der Waals surface area contributed by atoms with E-state index < -0.39 is 28.2 Å². The number of hydrogen-bond donors (Lipinski definition) is 0. The Bertz CT molecular complexity index is 1310. The van der Waals surface area contributed by atoms with Crippen LogP contribution in [-0.4, -0.2) is 32.3 Å². The lowest BCUT2D eigenvalue weighted by Crippen LogP contribution is -2.33. The molecular weight excluding hydrogens is 430 g/mol. The molecule has 0 radical (unpaired) electrons. The highest BCUT2D eigenvalue weighted by molar-refractivity contribution is 7.89. The van der Waals surface area contributed by atoms with Crippen LogP contribution in [0.4, 0.5) is 0 Å². The van der Waals surface area contributed by atoms with Gasteiger partial charge in [0.25, 0.3) is 0 Å². The van der Waals surface area contributed by atoms with Crippen LogP contribution in [0.2, 0.25) is 0 Å². The van der Waals surface area contributed by atoms with Crippen molar-refractivity contribution in [2.24, 2.45) is 0 Å². The second kappa shape index (κ2) is 9.26. The van der Waals surface area contributed by atoms with Crippen molar-refractivity contribution >= 4 is 27.0 Å². The molecule has 3 rings (SSSR count). The molecule has 32 heavy (non-hydrogen) atoms. The minimum Gasteiger partial charge on any atom is -0.460 e. The van der Waals surface area contributed by atoms with Gasteiger partial charge in [0.05, 0.1) is 4.90 Å². The first-order valence-electron chi connectivity index (χ1n) is 10.2. The van der Waals surface area contributed by atoms with E-state index in [2.05, 4.69) is 13.8 Å². The third-order valence-corrected chi connectivity index (χ3v) is 7.13. The van der Waals surface area contributed by atoms with Crippen molar-refractivity contribution in [3.05, 3.63) is 75.1 Å². The predicted molar refractivity (Wildman–Crippen MR) is 122 cm³/mol. The lowest BCUT2D eigenvalue weighted by atomic mass is 9.95. The fraction of sp³-hybridized carbons (Fsp3) is 0.333. The summed E-state index contributed by atoms with van der Waals surface area (Å²) < 4.78 is 36.9. The number of likely N-dealkylation sites (N-methyl/N-ethyl adjacent to an activating group) is 1. The summed E-state index contributed by atoms with van der Waals surface area (Å²) in [5.41, 5.74) is 3.43. The van der Waals surface area contributed by atoms with Crippen molar-refractivity contribution in [3.8, 4) is 0 Å². The van der Waals surface area contributed by atoms with Gasteiger partial charge in [0.15, 0.2) is 0 Å². The van der Waals surface area contributed by atoms with E-state index in [0.717, 1.165) is 21.0 Å². The SMILES string of the molecule is Cc1ccc(S(=O)(=O)N(C)CC(=O)OCc2cc(=O)oc3cc(C)c(C(C)C)cc23)cc1. The zero-order chi connectivity index (χ0) is 23.6. The monoisotopic (exact) mass is 457 g/mol. The maximum absolute atomic E-state index is 12.7. The number of rotatable bonds is 7. The van der Waals surface area contributed by atoms with E-state index in [0.29, 0.717) is 16.5 Å². The van der Waals surface area contributed by atoms with Crippen molar-refractivity contribution < 1.29 is 22.4 Å². The zero-order valence-electron chi connectivity index (χ0n) is 18.8. The first-order chi connectivity index (χ1) is 15.0. The average Bonchev–Trinajstić information content (AvgIpc) is 2.71. The Hall–Kier alpha value is -2.97. The molecule has 0 aliphatic rings. The highest BCUT2D eigenvalue weighted by Crippen LogP contribution is 2.27. The van der Waals surface area contributed by atoms with Gasteiger partial charge in [-0.05, 0) is 55.2 Å². The number of sulfonamides is 1. The van der Waals surface area contributed by atoms with Crippen LogP contribution in [-0.2, 0) is 26.2 Å². The first kappa shape index (κ1) is 23.7. The van der Waals surface area contributed by atoms with Crippen LogP contribution in [0.25, 0.3) is 11.0 Å². The van der Waals surface area contributed by atoms with Crippen LogP contribution in [0.3, 0.4) is 0 Å². The fourth-order valence-electron chi connectivity index (χ4n) is 3.49. The lowest BCUT2D eigenvalue weighted by Gasteiger charge is -2.17. The van der Waals surface area contributed by atoms with Gasteiger partial charge in [-0.3, -0.25) is 4.79 Å². The Kier molecular flexibility index (Phi) is 6.85. The highest BCUT2D eigenvalue weighted by Gasteiger charge is 2.23. The predicted octanol–water partition coefficient (Wildman–Crippen LogP) is 3.90. The maximum Gasteiger partial charge on any atom is 0.336 e. The van der Waals surface area contributed by atoms with Crippen LogP contribution < -0.4 is 5.63 Å². The van der Waals surface area contributed by atoms with Crippen LogP contribution in [0.5, 0.6) is 0 Å². The van der Waals surface area contributed by atoms with Crippen molar-refractivity contribution in [2.75, 3.05) is 13.6 Å². The number of fused-ring (bicyclic) bond motifs is 1. The highest BCUT2D eigenvalue weighted by atomic mass is 32.2. The van der Waals surface area contributed by atoms with Gasteiger partial charge in [0, 0.05) is 24.1 Å². The molecule has 0 amide bonds. The van der Waals surface area contributed by atoms with Gasteiger partial charge in [-0.25, -0.2) is 13.2 Å². The molecule has 2 aromatic carbocycles. The molecular formula is C24H27NO6S. The number of carbonyl (C=O) groups is 1. The molecule has 0 aliphatic heterocycles. The van der Waals surface area contributed by atoms with Crippen LogP contribution in [0.15, 0.2) is 56.6 Å². The number of ether oxygens (including phenoxy) is 1. The van der Waals surface area contributed by atoms with E-state index in [-0.39, 0.29) is 17.4 Å². The molecule has 8 heteroatoms. The minimum absolute atomic E-state index is 0.0987. The normalized spacial score (nSPS) is 12.0. The van der Waals surface area contributed by atoms with Gasteiger partial charge in [-0.2, -0.15) is 4.31 Å². The zero-order valence-corrected chi connectivity index (χ0v) is 19.7. The van der Waals surface area contributed by atoms with Gasteiger partial charge in [0.2, 0.25) is 10.0 Å². The van der Waals surface area contributed by atoms with Crippen LogP contribution in [0, 0.1) is 13.8 Å². The fourth-order valence-corrected chi connectivity index (χ4v) is 4.61. The number of hydrogen-bond acceptors (Lipinski definition) is 6. The Morgan fingerprint density at radius 1 is 1.09 bits per heavy atom. The summed E-state index contributed by atoms with van der Waals surface area (Å²) in [7, 11) is -2.51. The third kappa shape index (κ3) is 5.08. The van der Waals surface area contributed by atoms with Crippen molar-refractivity contribution in [1.82, 2.24) is 4.31 Å². The Morgan fingerprint density at radius 3 is 2.38 bits per heavy atom. The molecule has 0 unspecified atom stereocenters. The van der Waals surface area contributed by atoms with Crippen molar-refractivity contribution in [1.29, 1.82) is 0 Å². The molecule has 1 heterocycles. The summed E-state index contributed by atoms with van der Waals surface area (Å²) in [5.74, 6) is -0.455. The number of aryl methyl sites for hydroxylation is 2. The molecule has 170 valence electrons.